The molecule has 0 bridgehead atoms. The molecule has 1 heterocycles. The summed E-state index contributed by atoms with van der Waals surface area (Å²) in [5, 5.41) is 12.1. The molecule has 0 aliphatic carbocycles. The molecule has 28 heavy (non-hydrogen) atoms. The van der Waals surface area contributed by atoms with E-state index in [9.17, 15) is 4.79 Å². The van der Waals surface area contributed by atoms with Crippen LogP contribution in [0.15, 0.2) is 59.8 Å². The van der Waals surface area contributed by atoms with Crippen molar-refractivity contribution in [1.29, 1.82) is 0 Å². The topological polar surface area (TPSA) is 95.1 Å². The predicted octanol–water partition coefficient (Wildman–Crippen LogP) is 3.19. The molecule has 3 N–H and O–H groups in total. The van der Waals surface area contributed by atoms with Crippen LogP contribution in [0, 0.1) is 0 Å². The van der Waals surface area contributed by atoms with Gasteiger partial charge in [0.05, 0.1) is 11.8 Å². The van der Waals surface area contributed by atoms with E-state index in [4.69, 9.17) is 22.2 Å². The van der Waals surface area contributed by atoms with Crippen LogP contribution >= 0.6 is 23.4 Å². The molecule has 0 saturated heterocycles. The number of hydrogen-bond acceptors (Lipinski definition) is 6. The van der Waals surface area contributed by atoms with Crippen molar-refractivity contribution in [2.45, 2.75) is 24.7 Å². The Morgan fingerprint density at radius 3 is 2.64 bits per heavy atom. The summed E-state index contributed by atoms with van der Waals surface area (Å²) in [5.41, 5.74) is 1.05. The molecule has 0 fully saturated rings. The zero-order chi connectivity index (χ0) is 19.9. The number of benzene rings is 2. The van der Waals surface area contributed by atoms with Crippen LogP contribution in [0.1, 0.15) is 24.4 Å². The Balaban J connectivity index is 1.49. The van der Waals surface area contributed by atoms with Crippen LogP contribution in [0.25, 0.3) is 0 Å². The Bertz CT molecular complexity index is 918. The number of nitrogen functional groups attached to an aromatic ring is 1. The van der Waals surface area contributed by atoms with E-state index in [1.54, 1.807) is 24.3 Å². The first-order valence-electron chi connectivity index (χ1n) is 8.58. The zero-order valence-electron chi connectivity index (χ0n) is 15.2. The average Bonchev–Trinajstić information content (AvgIpc) is 3.06. The van der Waals surface area contributed by atoms with E-state index in [2.05, 4.69) is 15.5 Å². The number of ether oxygens (including phenoxy) is 1. The summed E-state index contributed by atoms with van der Waals surface area (Å²) in [6.07, 6.45) is 0. The van der Waals surface area contributed by atoms with Crippen LogP contribution in [-0.2, 0) is 11.4 Å². The van der Waals surface area contributed by atoms with Gasteiger partial charge in [0.25, 0.3) is 0 Å². The van der Waals surface area contributed by atoms with Gasteiger partial charge in [-0.25, -0.2) is 4.68 Å². The Labute approximate surface area is 172 Å². The highest BCUT2D eigenvalue weighted by Gasteiger charge is 2.14. The molecular weight excluding hydrogens is 398 g/mol. The van der Waals surface area contributed by atoms with Crippen LogP contribution in [-0.4, -0.2) is 26.5 Å². The number of nitrogens with zero attached hydrogens (tertiary/aromatic N) is 3. The Hall–Kier alpha value is -2.71. The molecular formula is C19H20ClN5O2S. The van der Waals surface area contributed by atoms with Crippen molar-refractivity contribution in [2.75, 3.05) is 11.6 Å². The lowest BCUT2D eigenvalue weighted by atomic mass is 10.1. The van der Waals surface area contributed by atoms with Crippen molar-refractivity contribution in [3.63, 3.8) is 0 Å². The van der Waals surface area contributed by atoms with E-state index in [1.165, 1.54) is 16.4 Å². The summed E-state index contributed by atoms with van der Waals surface area (Å²) in [7, 11) is 0. The monoisotopic (exact) mass is 417 g/mol. The SMILES string of the molecule is C[C@@H](NC(=O)CSc1nnc(COc2ccc(Cl)cc2)n1N)c1ccccc1. The van der Waals surface area contributed by atoms with E-state index >= 15 is 0 Å². The minimum absolute atomic E-state index is 0.0756. The third-order valence-electron chi connectivity index (χ3n) is 3.93. The van der Waals surface area contributed by atoms with Crippen LogP contribution in [0.3, 0.4) is 0 Å². The van der Waals surface area contributed by atoms with Gasteiger partial charge in [-0.2, -0.15) is 0 Å². The van der Waals surface area contributed by atoms with Gasteiger partial charge >= 0.3 is 0 Å². The standard InChI is InChI=1S/C19H20ClN5O2S/c1-13(14-5-3-2-4-6-14)22-18(26)12-28-19-24-23-17(25(19)21)11-27-16-9-7-15(20)8-10-16/h2-10,13H,11-12,21H2,1H3,(H,22,26)/t13-/m1/s1. The average molecular weight is 418 g/mol. The lowest BCUT2D eigenvalue weighted by Crippen LogP contribution is -2.28. The van der Waals surface area contributed by atoms with Crippen molar-refractivity contribution < 1.29 is 9.53 Å². The first kappa shape index (κ1) is 20.0. The molecule has 0 spiro atoms. The number of nitrogens with one attached hydrogen (secondary N) is 1. The maximum Gasteiger partial charge on any atom is 0.230 e. The number of carbonyl (C=O) groups is 1. The van der Waals surface area contributed by atoms with Gasteiger partial charge in [-0.1, -0.05) is 53.7 Å². The van der Waals surface area contributed by atoms with Gasteiger partial charge in [-0.15, -0.1) is 10.2 Å². The summed E-state index contributed by atoms with van der Waals surface area (Å²) in [5.74, 6) is 7.19. The van der Waals surface area contributed by atoms with E-state index in [1.807, 2.05) is 37.3 Å². The summed E-state index contributed by atoms with van der Waals surface area (Å²) in [6, 6.07) is 16.7. The number of hydrogen-bond donors (Lipinski definition) is 2. The third-order valence-corrected chi connectivity index (χ3v) is 5.12. The normalized spacial score (nSPS) is 11.8. The van der Waals surface area contributed by atoms with Crippen molar-refractivity contribution in [1.82, 2.24) is 20.2 Å². The van der Waals surface area contributed by atoms with Crippen LogP contribution in [0.2, 0.25) is 5.02 Å². The van der Waals surface area contributed by atoms with Gasteiger partial charge in [0.15, 0.2) is 5.82 Å². The Morgan fingerprint density at radius 2 is 1.93 bits per heavy atom. The third kappa shape index (κ3) is 5.40. The molecule has 9 heteroatoms. The lowest BCUT2D eigenvalue weighted by Gasteiger charge is -2.13. The fourth-order valence-corrected chi connectivity index (χ4v) is 3.23. The highest BCUT2D eigenvalue weighted by atomic mass is 35.5. The van der Waals surface area contributed by atoms with Crippen molar-refractivity contribution >= 4 is 29.3 Å². The van der Waals surface area contributed by atoms with Gasteiger partial charge in [0, 0.05) is 5.02 Å². The van der Waals surface area contributed by atoms with Crippen LogP contribution in [0.5, 0.6) is 5.75 Å². The molecule has 0 aliphatic heterocycles. The molecule has 0 saturated carbocycles. The van der Waals surface area contributed by atoms with E-state index in [-0.39, 0.29) is 24.3 Å². The molecule has 3 rings (SSSR count). The number of carbonyl (C=O) groups excluding carboxylic acids is 1. The van der Waals surface area contributed by atoms with E-state index in [0.717, 1.165) is 5.56 Å². The van der Waals surface area contributed by atoms with Crippen molar-refractivity contribution in [2.24, 2.45) is 0 Å². The zero-order valence-corrected chi connectivity index (χ0v) is 16.8. The first-order chi connectivity index (χ1) is 13.5. The second-order valence-electron chi connectivity index (χ2n) is 6.00. The largest absolute Gasteiger partial charge is 0.486 e. The minimum atomic E-state index is -0.108. The number of aromatic nitrogens is 3. The second-order valence-corrected chi connectivity index (χ2v) is 7.38. The smallest absolute Gasteiger partial charge is 0.230 e. The molecule has 7 nitrogen and oxygen atoms in total. The maximum atomic E-state index is 12.2. The fraction of sp³-hybridized carbons (Fsp3) is 0.211. The Kier molecular flexibility index (Phi) is 6.78. The minimum Gasteiger partial charge on any atom is -0.486 e. The highest BCUT2D eigenvalue weighted by molar-refractivity contribution is 7.99. The lowest BCUT2D eigenvalue weighted by molar-refractivity contribution is -0.119. The van der Waals surface area contributed by atoms with E-state index in [0.29, 0.717) is 21.8 Å². The fourth-order valence-electron chi connectivity index (χ4n) is 2.42. The second kappa shape index (κ2) is 9.48. The molecule has 0 radical (unpaired) electrons. The van der Waals surface area contributed by atoms with Crippen molar-refractivity contribution in [3.8, 4) is 5.75 Å². The molecule has 3 aromatic rings. The maximum absolute atomic E-state index is 12.2. The van der Waals surface area contributed by atoms with Gasteiger partial charge in [0.2, 0.25) is 11.1 Å². The van der Waals surface area contributed by atoms with Crippen molar-refractivity contribution in [3.05, 3.63) is 71.0 Å². The first-order valence-corrected chi connectivity index (χ1v) is 9.94. The molecule has 2 aromatic carbocycles. The van der Waals surface area contributed by atoms with Gasteiger partial charge in [0.1, 0.15) is 12.4 Å². The molecule has 1 amide bonds. The quantitative estimate of drug-likeness (QED) is 0.431. The summed E-state index contributed by atoms with van der Waals surface area (Å²) in [4.78, 5) is 12.2. The summed E-state index contributed by atoms with van der Waals surface area (Å²) < 4.78 is 6.95. The Morgan fingerprint density at radius 1 is 1.21 bits per heavy atom. The number of nitrogens with two attached hydrogens (primary N) is 1. The van der Waals surface area contributed by atoms with Gasteiger partial charge < -0.3 is 15.9 Å². The van der Waals surface area contributed by atoms with Gasteiger partial charge in [-0.05, 0) is 36.8 Å². The summed E-state index contributed by atoms with van der Waals surface area (Å²) >= 11 is 7.06. The number of rotatable bonds is 8. The predicted molar refractivity (Wildman–Crippen MR) is 110 cm³/mol. The number of halogens is 1. The number of thioether (sulfide) groups is 1. The summed E-state index contributed by atoms with van der Waals surface area (Å²) in [6.45, 7) is 2.10. The van der Waals surface area contributed by atoms with Gasteiger partial charge in [-0.3, -0.25) is 4.79 Å². The van der Waals surface area contributed by atoms with Crippen LogP contribution < -0.4 is 15.9 Å². The highest BCUT2D eigenvalue weighted by Crippen LogP contribution is 2.19. The van der Waals surface area contributed by atoms with E-state index < -0.39 is 0 Å². The molecule has 1 atom stereocenters. The van der Waals surface area contributed by atoms with Crippen LogP contribution in [0.4, 0.5) is 0 Å². The molecule has 1 aromatic heterocycles. The molecule has 0 aliphatic rings. The number of amides is 1. The molecule has 146 valence electrons. The molecule has 0 unspecified atom stereocenters.